The Kier molecular flexibility index (Phi) is 4.20. The maximum Gasteiger partial charge on any atom is 0.278 e. The van der Waals surface area contributed by atoms with E-state index in [4.69, 9.17) is 10.8 Å². The molecule has 0 unspecified atom stereocenters. The minimum atomic E-state index is -0.612. The molecule has 1 saturated carbocycles. The Bertz CT molecular complexity index is 546. The SMILES string of the molecule is Nc1nc(N[C@@H]2C[C@H](CO)[C@H](O)C2)c(NC=O)c(=O)[nH]1. The van der Waals surface area contributed by atoms with Gasteiger partial charge in [0.25, 0.3) is 5.56 Å². The number of amides is 1. The van der Waals surface area contributed by atoms with Crippen molar-refractivity contribution in [3.63, 3.8) is 0 Å². The normalized spacial score (nSPS) is 25.4. The summed E-state index contributed by atoms with van der Waals surface area (Å²) in [6.45, 7) is -0.107. The number of nitrogen functional groups attached to an aromatic ring is 1. The first-order valence-electron chi connectivity index (χ1n) is 6.20. The van der Waals surface area contributed by atoms with Crippen LogP contribution in [0, 0.1) is 5.92 Å². The number of carbonyl (C=O) groups excluding carboxylic acids is 1. The molecule has 0 bridgehead atoms. The van der Waals surface area contributed by atoms with Crippen molar-refractivity contribution in [2.75, 3.05) is 23.0 Å². The quantitative estimate of drug-likeness (QED) is 0.358. The van der Waals surface area contributed by atoms with Crippen LogP contribution >= 0.6 is 0 Å². The van der Waals surface area contributed by atoms with Gasteiger partial charge in [0.15, 0.2) is 5.82 Å². The van der Waals surface area contributed by atoms with E-state index in [1.165, 1.54) is 0 Å². The minimum Gasteiger partial charge on any atom is -0.396 e. The zero-order valence-corrected chi connectivity index (χ0v) is 10.7. The van der Waals surface area contributed by atoms with E-state index in [0.29, 0.717) is 19.3 Å². The summed E-state index contributed by atoms with van der Waals surface area (Å²) in [7, 11) is 0. The van der Waals surface area contributed by atoms with E-state index in [0.717, 1.165) is 0 Å². The molecule has 20 heavy (non-hydrogen) atoms. The van der Waals surface area contributed by atoms with Crippen LogP contribution in [0.3, 0.4) is 0 Å². The molecule has 110 valence electrons. The number of nitrogens with zero attached hydrogens (tertiary/aromatic N) is 1. The predicted molar refractivity (Wildman–Crippen MR) is 72.2 cm³/mol. The predicted octanol–water partition coefficient (Wildman–Crippen LogP) is -1.54. The van der Waals surface area contributed by atoms with Gasteiger partial charge in [0, 0.05) is 18.6 Å². The molecular weight excluding hydrogens is 266 g/mol. The van der Waals surface area contributed by atoms with E-state index in [9.17, 15) is 14.7 Å². The molecule has 7 N–H and O–H groups in total. The van der Waals surface area contributed by atoms with E-state index >= 15 is 0 Å². The Morgan fingerprint density at radius 3 is 2.85 bits per heavy atom. The van der Waals surface area contributed by atoms with Gasteiger partial charge >= 0.3 is 0 Å². The third-order valence-corrected chi connectivity index (χ3v) is 3.37. The van der Waals surface area contributed by atoms with Crippen LogP contribution < -0.4 is 21.9 Å². The molecule has 0 radical (unpaired) electrons. The van der Waals surface area contributed by atoms with Gasteiger partial charge in [0.2, 0.25) is 12.4 Å². The summed E-state index contributed by atoms with van der Waals surface area (Å²) in [5.41, 5.74) is 4.87. The highest BCUT2D eigenvalue weighted by atomic mass is 16.3. The molecule has 1 aromatic rings. The lowest BCUT2D eigenvalue weighted by atomic mass is 10.1. The van der Waals surface area contributed by atoms with Crippen LogP contribution in [0.2, 0.25) is 0 Å². The van der Waals surface area contributed by atoms with E-state index in [1.807, 2.05) is 0 Å². The summed E-state index contributed by atoms with van der Waals surface area (Å²) < 4.78 is 0. The fourth-order valence-corrected chi connectivity index (χ4v) is 2.40. The fourth-order valence-electron chi connectivity index (χ4n) is 2.40. The van der Waals surface area contributed by atoms with Crippen molar-refractivity contribution in [3.05, 3.63) is 10.4 Å². The number of aromatic nitrogens is 2. The smallest absolute Gasteiger partial charge is 0.278 e. The highest BCUT2D eigenvalue weighted by molar-refractivity contribution is 5.78. The maximum absolute atomic E-state index is 11.7. The molecule has 1 heterocycles. The van der Waals surface area contributed by atoms with Crippen molar-refractivity contribution < 1.29 is 15.0 Å². The Balaban J connectivity index is 2.21. The molecule has 3 atom stereocenters. The van der Waals surface area contributed by atoms with Gasteiger partial charge in [-0.3, -0.25) is 14.6 Å². The van der Waals surface area contributed by atoms with E-state index in [-0.39, 0.29) is 36.0 Å². The number of H-pyrrole nitrogens is 1. The van der Waals surface area contributed by atoms with Gasteiger partial charge in [-0.2, -0.15) is 4.98 Å². The molecule has 0 spiro atoms. The molecule has 1 amide bonds. The minimum absolute atomic E-state index is 0.0314. The van der Waals surface area contributed by atoms with Crippen molar-refractivity contribution in [1.29, 1.82) is 0 Å². The van der Waals surface area contributed by atoms with Crippen LogP contribution in [-0.2, 0) is 4.79 Å². The monoisotopic (exact) mass is 283 g/mol. The van der Waals surface area contributed by atoms with Crippen molar-refractivity contribution in [1.82, 2.24) is 9.97 Å². The van der Waals surface area contributed by atoms with Crippen LogP contribution in [-0.4, -0.2) is 45.3 Å². The van der Waals surface area contributed by atoms with Gasteiger partial charge in [-0.25, -0.2) is 0 Å². The van der Waals surface area contributed by atoms with Crippen LogP contribution in [0.5, 0.6) is 0 Å². The molecule has 1 aliphatic carbocycles. The van der Waals surface area contributed by atoms with Crippen LogP contribution in [0.4, 0.5) is 17.5 Å². The average molecular weight is 283 g/mol. The van der Waals surface area contributed by atoms with Crippen molar-refractivity contribution >= 4 is 23.9 Å². The number of aliphatic hydroxyl groups is 2. The first-order chi connectivity index (χ1) is 9.55. The molecule has 1 fully saturated rings. The zero-order valence-electron chi connectivity index (χ0n) is 10.7. The average Bonchev–Trinajstić information content (AvgIpc) is 2.73. The number of aliphatic hydroxyl groups excluding tert-OH is 2. The standard InChI is InChI=1S/C11H17N5O4/c12-11-15-9(8(13-4-18)10(20)16-11)14-6-1-5(3-17)7(19)2-6/h4-7,17,19H,1-3H2,(H,13,18)(H4,12,14,15,16,20)/t5-,6-,7-/m1/s1. The summed E-state index contributed by atoms with van der Waals surface area (Å²) in [4.78, 5) is 28.4. The largest absolute Gasteiger partial charge is 0.396 e. The van der Waals surface area contributed by atoms with Gasteiger partial charge in [-0.05, 0) is 12.8 Å². The number of rotatable bonds is 5. The van der Waals surface area contributed by atoms with E-state index in [1.54, 1.807) is 0 Å². The van der Waals surface area contributed by atoms with Gasteiger partial charge in [0.1, 0.15) is 5.69 Å². The number of aromatic amines is 1. The van der Waals surface area contributed by atoms with Crippen molar-refractivity contribution in [3.8, 4) is 0 Å². The highest BCUT2D eigenvalue weighted by Gasteiger charge is 2.33. The second kappa shape index (κ2) is 5.88. The lowest BCUT2D eigenvalue weighted by Gasteiger charge is -2.15. The zero-order chi connectivity index (χ0) is 14.7. The first kappa shape index (κ1) is 14.3. The number of carbonyl (C=O) groups is 1. The number of hydrogen-bond donors (Lipinski definition) is 6. The highest BCUT2D eigenvalue weighted by Crippen LogP contribution is 2.29. The van der Waals surface area contributed by atoms with Gasteiger partial charge in [-0.15, -0.1) is 0 Å². The van der Waals surface area contributed by atoms with E-state index in [2.05, 4.69) is 20.6 Å². The van der Waals surface area contributed by atoms with Crippen molar-refractivity contribution in [2.45, 2.75) is 25.0 Å². The summed E-state index contributed by atoms with van der Waals surface area (Å²) in [5, 5.41) is 24.1. The summed E-state index contributed by atoms with van der Waals surface area (Å²) in [6.07, 6.45) is 0.708. The molecule has 9 heteroatoms. The Morgan fingerprint density at radius 2 is 2.25 bits per heavy atom. The molecule has 1 aromatic heterocycles. The van der Waals surface area contributed by atoms with Gasteiger partial charge in [0.05, 0.1) is 6.10 Å². The molecule has 0 aliphatic heterocycles. The number of nitrogens with one attached hydrogen (secondary N) is 3. The third-order valence-electron chi connectivity index (χ3n) is 3.37. The first-order valence-corrected chi connectivity index (χ1v) is 6.20. The molecular formula is C11H17N5O4. The third kappa shape index (κ3) is 2.89. The van der Waals surface area contributed by atoms with Gasteiger partial charge in [-0.1, -0.05) is 0 Å². The Hall–Kier alpha value is -2.13. The van der Waals surface area contributed by atoms with Crippen LogP contribution in [0.15, 0.2) is 4.79 Å². The molecule has 2 rings (SSSR count). The Labute approximate surface area is 114 Å². The van der Waals surface area contributed by atoms with Gasteiger partial charge < -0.3 is 26.6 Å². The lowest BCUT2D eigenvalue weighted by molar-refractivity contribution is -0.105. The summed E-state index contributed by atoms with van der Waals surface area (Å²) in [6, 6.07) is -0.164. The van der Waals surface area contributed by atoms with E-state index < -0.39 is 11.7 Å². The number of nitrogens with two attached hydrogens (primary N) is 1. The number of hydrogen-bond acceptors (Lipinski definition) is 7. The molecule has 0 aromatic carbocycles. The fraction of sp³-hybridized carbons (Fsp3) is 0.545. The second-order valence-corrected chi connectivity index (χ2v) is 4.76. The van der Waals surface area contributed by atoms with Crippen molar-refractivity contribution in [2.24, 2.45) is 5.92 Å². The molecule has 1 aliphatic rings. The maximum atomic E-state index is 11.7. The molecule has 0 saturated heterocycles. The molecule has 9 nitrogen and oxygen atoms in total. The summed E-state index contributed by atoms with van der Waals surface area (Å²) in [5.74, 6) is -0.144. The lowest BCUT2D eigenvalue weighted by Crippen LogP contribution is -2.24. The number of anilines is 3. The van der Waals surface area contributed by atoms with Crippen LogP contribution in [0.25, 0.3) is 0 Å². The Morgan fingerprint density at radius 1 is 1.50 bits per heavy atom. The topological polar surface area (TPSA) is 153 Å². The summed E-state index contributed by atoms with van der Waals surface area (Å²) >= 11 is 0. The second-order valence-electron chi connectivity index (χ2n) is 4.76. The van der Waals surface area contributed by atoms with Crippen LogP contribution in [0.1, 0.15) is 12.8 Å².